The van der Waals surface area contributed by atoms with Gasteiger partial charge in [0.25, 0.3) is 0 Å². The molecule has 0 radical (unpaired) electrons. The number of benzene rings is 1. The van der Waals surface area contributed by atoms with E-state index in [1.165, 1.54) is 13.2 Å². The lowest BCUT2D eigenvalue weighted by atomic mass is 10.1. The van der Waals surface area contributed by atoms with Gasteiger partial charge in [-0.05, 0) is 18.9 Å². The predicted octanol–water partition coefficient (Wildman–Crippen LogP) is 2.42. The van der Waals surface area contributed by atoms with Gasteiger partial charge in [0.2, 0.25) is 0 Å². The fraction of sp³-hybridized carbons (Fsp3) is 0.533. The number of nitrogens with one attached hydrogen (secondary N) is 1. The number of halogens is 2. The third-order valence-electron chi connectivity index (χ3n) is 4.16. The molecule has 3 rings (SSSR count). The van der Waals surface area contributed by atoms with Crippen LogP contribution in [0.25, 0.3) is 0 Å². The van der Waals surface area contributed by atoms with Crippen LogP contribution in [0, 0.1) is 0 Å². The van der Waals surface area contributed by atoms with E-state index < -0.39 is 23.0 Å². The van der Waals surface area contributed by atoms with Gasteiger partial charge >= 0.3 is 16.8 Å². The van der Waals surface area contributed by atoms with Crippen LogP contribution in [0.1, 0.15) is 37.4 Å². The number of nitrogens with zero attached hydrogens (tertiary/aromatic N) is 2. The molecule has 1 saturated heterocycles. The fourth-order valence-corrected chi connectivity index (χ4v) is 4.18. The SMILES string of the molecule is COc1cccc([C@@H]2NS(=O)(=O)N=C3CCCCCN32)c1OC(F)F. The summed E-state index contributed by atoms with van der Waals surface area (Å²) in [6.45, 7) is -2.50. The third kappa shape index (κ3) is 3.84. The topological polar surface area (TPSA) is 80.2 Å². The molecule has 10 heteroatoms. The standard InChI is InChI=1S/C15H19F2N3O4S/c1-23-11-7-5-6-10(13(11)24-15(16)17)14-19-25(21,22)18-12-8-3-2-4-9-20(12)14/h5-7,14-15,19H,2-4,8-9H2,1H3/t14-/m1/s1. The van der Waals surface area contributed by atoms with Crippen LogP contribution in [0.2, 0.25) is 0 Å². The Labute approximate surface area is 144 Å². The Bertz CT molecular complexity index is 770. The van der Waals surface area contributed by atoms with Gasteiger partial charge in [-0.1, -0.05) is 18.6 Å². The maximum Gasteiger partial charge on any atom is 0.387 e. The molecule has 1 atom stereocenters. The number of alkyl halides is 2. The lowest BCUT2D eigenvalue weighted by Gasteiger charge is -2.37. The van der Waals surface area contributed by atoms with Crippen molar-refractivity contribution in [1.82, 2.24) is 9.62 Å². The molecule has 0 aromatic heterocycles. The van der Waals surface area contributed by atoms with Crippen molar-refractivity contribution in [2.24, 2.45) is 4.40 Å². The van der Waals surface area contributed by atoms with E-state index in [1.54, 1.807) is 17.0 Å². The first-order valence-corrected chi connectivity index (χ1v) is 9.35. The zero-order chi connectivity index (χ0) is 18.0. The minimum atomic E-state index is -3.92. The zero-order valence-corrected chi connectivity index (χ0v) is 14.4. The quantitative estimate of drug-likeness (QED) is 0.874. The summed E-state index contributed by atoms with van der Waals surface area (Å²) in [5, 5.41) is 0. The molecule has 138 valence electrons. The van der Waals surface area contributed by atoms with E-state index in [1.807, 2.05) is 0 Å². The maximum absolute atomic E-state index is 12.9. The zero-order valence-electron chi connectivity index (χ0n) is 13.6. The highest BCUT2D eigenvalue weighted by Crippen LogP contribution is 2.39. The highest BCUT2D eigenvalue weighted by molar-refractivity contribution is 7.88. The lowest BCUT2D eigenvalue weighted by Crippen LogP contribution is -2.48. The van der Waals surface area contributed by atoms with Gasteiger partial charge in [0, 0.05) is 18.5 Å². The number of amidine groups is 1. The van der Waals surface area contributed by atoms with Crippen molar-refractivity contribution in [3.05, 3.63) is 23.8 Å². The minimum absolute atomic E-state index is 0.107. The van der Waals surface area contributed by atoms with Crippen molar-refractivity contribution >= 4 is 16.0 Å². The van der Waals surface area contributed by atoms with Crippen LogP contribution in [0.5, 0.6) is 11.5 Å². The van der Waals surface area contributed by atoms with Crippen LogP contribution in [0.15, 0.2) is 22.6 Å². The molecular weight excluding hydrogens is 356 g/mol. The molecule has 25 heavy (non-hydrogen) atoms. The number of ether oxygens (including phenoxy) is 2. The number of methoxy groups -OCH3 is 1. The average Bonchev–Trinajstić information content (AvgIpc) is 2.78. The Kier molecular flexibility index (Phi) is 5.09. The summed E-state index contributed by atoms with van der Waals surface area (Å²) in [5.74, 6) is 0.362. The molecule has 0 spiro atoms. The van der Waals surface area contributed by atoms with Crippen molar-refractivity contribution in [3.8, 4) is 11.5 Å². The Morgan fingerprint density at radius 1 is 1.32 bits per heavy atom. The van der Waals surface area contributed by atoms with Gasteiger partial charge in [-0.15, -0.1) is 4.40 Å². The normalized spacial score (nSPS) is 22.8. The molecule has 0 bridgehead atoms. The van der Waals surface area contributed by atoms with Gasteiger partial charge in [0.15, 0.2) is 11.5 Å². The second-order valence-electron chi connectivity index (χ2n) is 5.76. The molecule has 0 unspecified atom stereocenters. The first kappa shape index (κ1) is 17.9. The Hall–Kier alpha value is -1.94. The summed E-state index contributed by atoms with van der Waals surface area (Å²) in [4.78, 5) is 1.79. The third-order valence-corrected chi connectivity index (χ3v) is 5.13. The van der Waals surface area contributed by atoms with Gasteiger partial charge in [-0.25, -0.2) is 0 Å². The predicted molar refractivity (Wildman–Crippen MR) is 87.0 cm³/mol. The summed E-state index contributed by atoms with van der Waals surface area (Å²) in [5.41, 5.74) is 0.262. The van der Waals surface area contributed by atoms with Gasteiger partial charge in [-0.2, -0.15) is 21.9 Å². The number of hydrogen-bond donors (Lipinski definition) is 1. The number of hydrogen-bond acceptors (Lipinski definition) is 5. The first-order chi connectivity index (χ1) is 11.9. The molecule has 0 amide bonds. The molecule has 1 fully saturated rings. The largest absolute Gasteiger partial charge is 0.493 e. The average molecular weight is 375 g/mol. The van der Waals surface area contributed by atoms with Gasteiger partial charge < -0.3 is 14.4 Å². The van der Waals surface area contributed by atoms with E-state index >= 15 is 0 Å². The van der Waals surface area contributed by atoms with Crippen molar-refractivity contribution in [2.75, 3.05) is 13.7 Å². The van der Waals surface area contributed by atoms with Crippen LogP contribution in [-0.4, -0.2) is 39.4 Å². The number of rotatable bonds is 4. The number of fused-ring (bicyclic) bond motifs is 1. The van der Waals surface area contributed by atoms with Crippen LogP contribution < -0.4 is 14.2 Å². The molecule has 7 nitrogen and oxygen atoms in total. The van der Waals surface area contributed by atoms with Crippen molar-refractivity contribution in [3.63, 3.8) is 0 Å². The highest BCUT2D eigenvalue weighted by atomic mass is 32.2. The van der Waals surface area contributed by atoms with Crippen LogP contribution in [-0.2, 0) is 10.2 Å². The summed E-state index contributed by atoms with van der Waals surface area (Å²) in [7, 11) is -2.58. The van der Waals surface area contributed by atoms with Gasteiger partial charge in [-0.3, -0.25) is 0 Å². The summed E-state index contributed by atoms with van der Waals surface area (Å²) in [6.07, 6.45) is 2.27. The number of para-hydroxylation sites is 1. The van der Waals surface area contributed by atoms with E-state index in [-0.39, 0.29) is 17.1 Å². The summed E-state index contributed by atoms with van der Waals surface area (Å²) >= 11 is 0. The fourth-order valence-electron chi connectivity index (χ4n) is 3.12. The minimum Gasteiger partial charge on any atom is -0.493 e. The summed E-state index contributed by atoms with van der Waals surface area (Å²) in [6, 6.07) is 4.63. The second kappa shape index (κ2) is 7.12. The first-order valence-electron chi connectivity index (χ1n) is 7.91. The molecule has 2 aliphatic rings. The molecule has 1 N–H and O–H groups in total. The summed E-state index contributed by atoms with van der Waals surface area (Å²) < 4.78 is 66.0. The second-order valence-corrected chi connectivity index (χ2v) is 7.13. The van der Waals surface area contributed by atoms with E-state index in [0.29, 0.717) is 18.8 Å². The molecular formula is C15H19F2N3O4S. The maximum atomic E-state index is 12.9. The van der Waals surface area contributed by atoms with Crippen molar-refractivity contribution in [2.45, 2.75) is 38.5 Å². The molecule has 1 aromatic rings. The van der Waals surface area contributed by atoms with Crippen LogP contribution >= 0.6 is 0 Å². The van der Waals surface area contributed by atoms with Gasteiger partial charge in [0.1, 0.15) is 12.0 Å². The Balaban J connectivity index is 2.09. The van der Waals surface area contributed by atoms with Crippen LogP contribution in [0.3, 0.4) is 0 Å². The molecule has 0 saturated carbocycles. The van der Waals surface area contributed by atoms with E-state index in [4.69, 9.17) is 4.74 Å². The van der Waals surface area contributed by atoms with E-state index in [9.17, 15) is 17.2 Å². The van der Waals surface area contributed by atoms with Crippen LogP contribution in [0.4, 0.5) is 8.78 Å². The van der Waals surface area contributed by atoms with E-state index in [0.717, 1.165) is 19.3 Å². The molecule has 0 aliphatic carbocycles. The Morgan fingerprint density at radius 3 is 2.84 bits per heavy atom. The molecule has 2 aliphatic heterocycles. The lowest BCUT2D eigenvalue weighted by molar-refractivity contribution is -0.0524. The molecule has 2 heterocycles. The molecule has 1 aromatic carbocycles. The van der Waals surface area contributed by atoms with Gasteiger partial charge in [0.05, 0.1) is 7.11 Å². The van der Waals surface area contributed by atoms with E-state index in [2.05, 4.69) is 13.9 Å². The Morgan fingerprint density at radius 2 is 2.12 bits per heavy atom. The highest BCUT2D eigenvalue weighted by Gasteiger charge is 2.36. The van der Waals surface area contributed by atoms with Crippen molar-refractivity contribution in [1.29, 1.82) is 0 Å². The monoisotopic (exact) mass is 375 g/mol. The smallest absolute Gasteiger partial charge is 0.387 e. The van der Waals surface area contributed by atoms with Crippen molar-refractivity contribution < 1.29 is 26.7 Å².